The van der Waals surface area contributed by atoms with E-state index in [1.165, 1.54) is 6.20 Å². The molecule has 0 amide bonds. The minimum absolute atomic E-state index is 0.0796. The second-order valence-electron chi connectivity index (χ2n) is 4.77. The summed E-state index contributed by atoms with van der Waals surface area (Å²) in [6.45, 7) is 4.69. The number of morpholine rings is 1. The number of hydrogen-bond donors (Lipinski definition) is 1. The number of H-pyrrole nitrogens is 1. The molecule has 5 nitrogen and oxygen atoms in total. The van der Waals surface area contributed by atoms with E-state index in [4.69, 9.17) is 16.3 Å². The molecule has 1 aliphatic heterocycles. The second-order valence-corrected chi connectivity index (χ2v) is 6.93. The molecule has 2 rings (SSSR count). The molecule has 0 saturated carbocycles. The topological polar surface area (TPSA) is 62.4 Å². The van der Waals surface area contributed by atoms with E-state index in [0.717, 1.165) is 6.42 Å². The molecule has 0 aromatic carbocycles. The lowest BCUT2D eigenvalue weighted by Crippen LogP contribution is -2.51. The highest BCUT2D eigenvalue weighted by Gasteiger charge is 2.35. The van der Waals surface area contributed by atoms with Crippen molar-refractivity contribution in [2.75, 3.05) is 13.2 Å². The summed E-state index contributed by atoms with van der Waals surface area (Å²) >= 11 is 5.70. The molecule has 1 aromatic rings. The van der Waals surface area contributed by atoms with Gasteiger partial charge in [0.05, 0.1) is 23.5 Å². The van der Waals surface area contributed by atoms with Crippen LogP contribution in [0.15, 0.2) is 17.2 Å². The van der Waals surface area contributed by atoms with Crippen molar-refractivity contribution >= 4 is 21.6 Å². The van der Waals surface area contributed by atoms with Gasteiger partial charge in [-0.05, 0) is 19.4 Å². The van der Waals surface area contributed by atoms with Gasteiger partial charge in [-0.15, -0.1) is 11.6 Å². The van der Waals surface area contributed by atoms with Crippen molar-refractivity contribution in [2.24, 2.45) is 0 Å². The molecule has 0 bridgehead atoms. The number of alkyl halides is 1. The number of aromatic amines is 1. The summed E-state index contributed by atoms with van der Waals surface area (Å²) in [5.41, 5.74) is 0.703. The summed E-state index contributed by atoms with van der Waals surface area (Å²) < 4.78 is 32.4. The van der Waals surface area contributed by atoms with Gasteiger partial charge in [-0.1, -0.05) is 6.92 Å². The van der Waals surface area contributed by atoms with Crippen LogP contribution in [0.5, 0.6) is 0 Å². The van der Waals surface area contributed by atoms with E-state index >= 15 is 0 Å². The highest BCUT2D eigenvalue weighted by Crippen LogP contribution is 2.24. The average Bonchev–Trinajstić information content (AvgIpc) is 2.88. The Labute approximate surface area is 118 Å². The van der Waals surface area contributed by atoms with Crippen molar-refractivity contribution in [1.82, 2.24) is 9.29 Å². The Hall–Kier alpha value is -0.560. The number of halogens is 1. The lowest BCUT2D eigenvalue weighted by molar-refractivity contribution is -0.0230. The Morgan fingerprint density at radius 2 is 2.32 bits per heavy atom. The maximum Gasteiger partial charge on any atom is 0.245 e. The molecule has 1 saturated heterocycles. The van der Waals surface area contributed by atoms with Crippen LogP contribution >= 0.6 is 11.6 Å². The van der Waals surface area contributed by atoms with Gasteiger partial charge in [0.15, 0.2) is 0 Å². The summed E-state index contributed by atoms with van der Waals surface area (Å²) in [6, 6.07) is 1.49. The summed E-state index contributed by atoms with van der Waals surface area (Å²) in [7, 11) is -3.48. The molecule has 7 heteroatoms. The normalized spacial score (nSPS) is 25.6. The smallest absolute Gasteiger partial charge is 0.245 e. The van der Waals surface area contributed by atoms with Gasteiger partial charge in [0.1, 0.15) is 0 Å². The lowest BCUT2D eigenvalue weighted by atomic mass is 10.2. The third-order valence-electron chi connectivity index (χ3n) is 3.36. The van der Waals surface area contributed by atoms with Crippen molar-refractivity contribution in [3.05, 3.63) is 18.0 Å². The predicted octanol–water partition coefficient (Wildman–Crippen LogP) is 1.94. The summed E-state index contributed by atoms with van der Waals surface area (Å²) in [5.74, 6) is 0.270. The molecule has 2 atom stereocenters. The number of hydrogen-bond acceptors (Lipinski definition) is 3. The SMILES string of the molecule is CCC1COC(C)CN1S(=O)(=O)c1c[nH]c(CCl)c1. The van der Waals surface area contributed by atoms with Crippen molar-refractivity contribution in [3.8, 4) is 0 Å². The predicted molar refractivity (Wildman–Crippen MR) is 73.7 cm³/mol. The monoisotopic (exact) mass is 306 g/mol. The van der Waals surface area contributed by atoms with E-state index in [2.05, 4.69) is 4.98 Å². The van der Waals surface area contributed by atoms with E-state index in [0.29, 0.717) is 18.8 Å². The van der Waals surface area contributed by atoms with Gasteiger partial charge < -0.3 is 9.72 Å². The molecule has 0 spiro atoms. The summed E-state index contributed by atoms with van der Waals surface area (Å²) in [5, 5.41) is 0. The van der Waals surface area contributed by atoms with Crippen molar-refractivity contribution in [2.45, 2.75) is 43.2 Å². The average molecular weight is 307 g/mol. The fraction of sp³-hybridized carbons (Fsp3) is 0.667. The van der Waals surface area contributed by atoms with E-state index in [1.54, 1.807) is 10.4 Å². The molecule has 19 heavy (non-hydrogen) atoms. The molecule has 1 fully saturated rings. The number of ether oxygens (including phenoxy) is 1. The highest BCUT2D eigenvalue weighted by atomic mass is 35.5. The highest BCUT2D eigenvalue weighted by molar-refractivity contribution is 7.89. The van der Waals surface area contributed by atoms with Crippen LogP contribution in [-0.4, -0.2) is 43.0 Å². The first kappa shape index (κ1) is 14.8. The molecular formula is C12H19ClN2O3S. The van der Waals surface area contributed by atoms with E-state index < -0.39 is 10.0 Å². The fourth-order valence-corrected chi connectivity index (χ4v) is 4.14. The van der Waals surface area contributed by atoms with Crippen LogP contribution in [0.3, 0.4) is 0 Å². The third-order valence-corrected chi connectivity index (χ3v) is 5.54. The Kier molecular flexibility index (Phi) is 4.55. The number of nitrogens with one attached hydrogen (secondary N) is 1. The van der Waals surface area contributed by atoms with Gasteiger partial charge >= 0.3 is 0 Å². The first-order valence-corrected chi connectivity index (χ1v) is 8.33. The molecule has 2 heterocycles. The number of rotatable bonds is 4. The molecule has 2 unspecified atom stereocenters. The second kappa shape index (κ2) is 5.83. The maximum atomic E-state index is 12.6. The minimum Gasteiger partial charge on any atom is -0.375 e. The summed E-state index contributed by atoms with van der Waals surface area (Å²) in [4.78, 5) is 3.15. The first-order chi connectivity index (χ1) is 8.98. The Morgan fingerprint density at radius 3 is 2.89 bits per heavy atom. The molecule has 1 N–H and O–H groups in total. The fourth-order valence-electron chi connectivity index (χ4n) is 2.21. The number of sulfonamides is 1. The number of nitrogens with zero attached hydrogens (tertiary/aromatic N) is 1. The Bertz CT molecular complexity index is 529. The third kappa shape index (κ3) is 2.97. The van der Waals surface area contributed by atoms with E-state index in [1.807, 2.05) is 13.8 Å². The zero-order valence-corrected chi connectivity index (χ0v) is 12.7. The molecule has 1 aromatic heterocycles. The van der Waals surface area contributed by atoms with Crippen molar-refractivity contribution in [3.63, 3.8) is 0 Å². The lowest BCUT2D eigenvalue weighted by Gasteiger charge is -2.36. The van der Waals surface area contributed by atoms with Gasteiger partial charge in [-0.25, -0.2) is 8.42 Å². The minimum atomic E-state index is -3.48. The number of aromatic nitrogens is 1. The zero-order chi connectivity index (χ0) is 14.0. The van der Waals surface area contributed by atoms with E-state index in [9.17, 15) is 8.42 Å². The van der Waals surface area contributed by atoms with Gasteiger partial charge in [0.2, 0.25) is 10.0 Å². The van der Waals surface area contributed by atoms with Gasteiger partial charge in [0, 0.05) is 24.5 Å². The summed E-state index contributed by atoms with van der Waals surface area (Å²) in [6.07, 6.45) is 2.16. The van der Waals surface area contributed by atoms with E-state index in [-0.39, 0.29) is 22.9 Å². The van der Waals surface area contributed by atoms with Crippen LogP contribution in [-0.2, 0) is 20.6 Å². The molecule has 0 aliphatic carbocycles. The standard InChI is InChI=1S/C12H19ClN2O3S/c1-3-11-8-18-9(2)7-15(11)19(16,17)12-4-10(5-13)14-6-12/h4,6,9,11,14H,3,5,7-8H2,1-2H3. The zero-order valence-electron chi connectivity index (χ0n) is 11.1. The Balaban J connectivity index is 2.30. The van der Waals surface area contributed by atoms with Crippen molar-refractivity contribution < 1.29 is 13.2 Å². The van der Waals surface area contributed by atoms with Gasteiger partial charge in [-0.2, -0.15) is 4.31 Å². The first-order valence-electron chi connectivity index (χ1n) is 6.35. The van der Waals surface area contributed by atoms with Crippen LogP contribution in [0.2, 0.25) is 0 Å². The van der Waals surface area contributed by atoms with Gasteiger partial charge in [0.25, 0.3) is 0 Å². The molecule has 108 valence electrons. The Morgan fingerprint density at radius 1 is 1.58 bits per heavy atom. The van der Waals surface area contributed by atoms with Crippen LogP contribution in [0.1, 0.15) is 26.0 Å². The van der Waals surface area contributed by atoms with Crippen LogP contribution < -0.4 is 0 Å². The van der Waals surface area contributed by atoms with Gasteiger partial charge in [-0.3, -0.25) is 0 Å². The van der Waals surface area contributed by atoms with Crippen LogP contribution in [0, 0.1) is 0 Å². The largest absolute Gasteiger partial charge is 0.375 e. The van der Waals surface area contributed by atoms with Crippen LogP contribution in [0.25, 0.3) is 0 Å². The molecule has 1 aliphatic rings. The molecule has 0 radical (unpaired) electrons. The quantitative estimate of drug-likeness (QED) is 0.865. The maximum absolute atomic E-state index is 12.6. The van der Waals surface area contributed by atoms with Crippen molar-refractivity contribution in [1.29, 1.82) is 0 Å². The molecular weight excluding hydrogens is 288 g/mol. The van der Waals surface area contributed by atoms with Crippen LogP contribution in [0.4, 0.5) is 0 Å².